The van der Waals surface area contributed by atoms with E-state index < -0.39 is 0 Å². The van der Waals surface area contributed by atoms with Gasteiger partial charge in [-0.25, -0.2) is 0 Å². The van der Waals surface area contributed by atoms with Gasteiger partial charge in [-0.05, 0) is 19.1 Å². The molecule has 0 unspecified atom stereocenters. The van der Waals surface area contributed by atoms with Crippen molar-refractivity contribution in [3.8, 4) is 0 Å². The van der Waals surface area contributed by atoms with E-state index in [1.165, 1.54) is 0 Å². The highest BCUT2D eigenvalue weighted by Gasteiger charge is 2.25. The molecule has 6 heteroatoms. The van der Waals surface area contributed by atoms with E-state index in [1.54, 1.807) is 0 Å². The lowest BCUT2D eigenvalue weighted by atomic mass is 10.1. The molecule has 1 aromatic carbocycles. The number of nitrogens with one attached hydrogen (secondary N) is 2. The zero-order chi connectivity index (χ0) is 14.2. The van der Waals surface area contributed by atoms with E-state index in [-0.39, 0.29) is 0 Å². The molecule has 0 amide bonds. The number of rotatable bonds is 3. The van der Waals surface area contributed by atoms with E-state index in [2.05, 4.69) is 37.5 Å². The molecule has 0 aliphatic carbocycles. The molecule has 6 nitrogen and oxygen atoms in total. The highest BCUT2D eigenvalue weighted by atomic mass is 15.3. The third-order valence-electron chi connectivity index (χ3n) is 3.71. The molecule has 3 aromatic rings. The lowest BCUT2D eigenvalue weighted by Gasteiger charge is -2.28. The van der Waals surface area contributed by atoms with Crippen LogP contribution in [0.15, 0.2) is 30.3 Å². The van der Waals surface area contributed by atoms with Gasteiger partial charge in [0.1, 0.15) is 5.82 Å². The van der Waals surface area contributed by atoms with E-state index in [9.17, 15) is 0 Å². The Balaban J connectivity index is 1.92. The van der Waals surface area contributed by atoms with Crippen molar-refractivity contribution in [3.05, 3.63) is 36.0 Å². The molecule has 2 N–H and O–H groups in total. The van der Waals surface area contributed by atoms with Crippen LogP contribution < -0.4 is 10.2 Å². The standard InChI is InChI=1S/C15H16N6/c1-2-16-15-17-13-12-11(19-20-13)8-9-21(14(12)18-15)10-6-4-3-5-7-10/h3-7H,2,8-9H2,1H3,(H2,16,17,18,19,20). The summed E-state index contributed by atoms with van der Waals surface area (Å²) < 4.78 is 0. The van der Waals surface area contributed by atoms with Crippen LogP contribution in [-0.2, 0) is 6.42 Å². The molecule has 106 valence electrons. The Morgan fingerprint density at radius 1 is 1.24 bits per heavy atom. The Kier molecular flexibility index (Phi) is 2.73. The minimum absolute atomic E-state index is 0.626. The number of H-pyrrole nitrogens is 1. The van der Waals surface area contributed by atoms with Gasteiger partial charge in [0.05, 0.1) is 11.1 Å². The molecule has 21 heavy (non-hydrogen) atoms. The summed E-state index contributed by atoms with van der Waals surface area (Å²) in [6.45, 7) is 3.70. The van der Waals surface area contributed by atoms with Crippen LogP contribution in [-0.4, -0.2) is 33.3 Å². The van der Waals surface area contributed by atoms with Crippen molar-refractivity contribution in [2.24, 2.45) is 0 Å². The van der Waals surface area contributed by atoms with Crippen LogP contribution in [0.5, 0.6) is 0 Å². The monoisotopic (exact) mass is 280 g/mol. The molecule has 0 spiro atoms. The van der Waals surface area contributed by atoms with Crippen molar-refractivity contribution >= 4 is 28.5 Å². The summed E-state index contributed by atoms with van der Waals surface area (Å²) in [4.78, 5) is 11.4. The van der Waals surface area contributed by atoms with Gasteiger partial charge >= 0.3 is 0 Å². The fourth-order valence-corrected chi connectivity index (χ4v) is 2.77. The molecular formula is C15H16N6. The minimum Gasteiger partial charge on any atom is -0.354 e. The quantitative estimate of drug-likeness (QED) is 0.771. The van der Waals surface area contributed by atoms with Gasteiger partial charge in [0.2, 0.25) is 5.95 Å². The second-order valence-electron chi connectivity index (χ2n) is 5.04. The maximum atomic E-state index is 4.69. The highest BCUT2D eigenvalue weighted by Crippen LogP contribution is 2.35. The van der Waals surface area contributed by atoms with Gasteiger partial charge in [-0.1, -0.05) is 18.2 Å². The normalized spacial score (nSPS) is 13.7. The van der Waals surface area contributed by atoms with Crippen molar-refractivity contribution in [3.63, 3.8) is 0 Å². The van der Waals surface area contributed by atoms with Crippen LogP contribution in [0.25, 0.3) is 11.0 Å². The SMILES string of the molecule is CCNc1nc2c3c([nH]nc3n1)CCN2c1ccccc1. The highest BCUT2D eigenvalue weighted by molar-refractivity contribution is 5.94. The maximum absolute atomic E-state index is 4.69. The molecule has 1 aliphatic heterocycles. The van der Waals surface area contributed by atoms with Crippen LogP contribution in [0.2, 0.25) is 0 Å². The van der Waals surface area contributed by atoms with Gasteiger partial charge < -0.3 is 10.2 Å². The zero-order valence-electron chi connectivity index (χ0n) is 11.8. The first kappa shape index (κ1) is 12.1. The average molecular weight is 280 g/mol. The first-order valence-corrected chi connectivity index (χ1v) is 7.18. The number of anilines is 3. The second-order valence-corrected chi connectivity index (χ2v) is 5.04. The van der Waals surface area contributed by atoms with E-state index in [0.717, 1.165) is 47.7 Å². The Morgan fingerprint density at radius 2 is 2.10 bits per heavy atom. The number of nitrogens with zero attached hydrogens (tertiary/aromatic N) is 4. The number of benzene rings is 1. The lowest BCUT2D eigenvalue weighted by molar-refractivity contribution is 0.850. The van der Waals surface area contributed by atoms with Crippen LogP contribution in [0.3, 0.4) is 0 Å². The fraction of sp³-hybridized carbons (Fsp3) is 0.267. The summed E-state index contributed by atoms with van der Waals surface area (Å²) in [5, 5.41) is 11.6. The zero-order valence-corrected chi connectivity index (χ0v) is 11.8. The van der Waals surface area contributed by atoms with Gasteiger partial charge in [0, 0.05) is 25.2 Å². The van der Waals surface area contributed by atoms with Crippen molar-refractivity contribution in [2.75, 3.05) is 23.3 Å². The van der Waals surface area contributed by atoms with Crippen molar-refractivity contribution < 1.29 is 0 Å². The summed E-state index contributed by atoms with van der Waals surface area (Å²) in [5.74, 6) is 1.55. The molecule has 0 fully saturated rings. The number of hydrogen-bond acceptors (Lipinski definition) is 5. The van der Waals surface area contributed by atoms with Gasteiger partial charge in [-0.2, -0.15) is 15.1 Å². The van der Waals surface area contributed by atoms with Crippen molar-refractivity contribution in [2.45, 2.75) is 13.3 Å². The third-order valence-corrected chi connectivity index (χ3v) is 3.71. The second kappa shape index (κ2) is 4.73. The summed E-state index contributed by atoms with van der Waals surface area (Å²) in [6.07, 6.45) is 0.919. The minimum atomic E-state index is 0.626. The molecule has 2 aromatic heterocycles. The summed E-state index contributed by atoms with van der Waals surface area (Å²) >= 11 is 0. The summed E-state index contributed by atoms with van der Waals surface area (Å²) in [6, 6.07) is 10.3. The van der Waals surface area contributed by atoms with E-state index in [1.807, 2.05) is 25.1 Å². The Labute approximate surface area is 122 Å². The van der Waals surface area contributed by atoms with Gasteiger partial charge in [-0.3, -0.25) is 5.10 Å². The first-order chi connectivity index (χ1) is 10.4. The number of aromatic amines is 1. The van der Waals surface area contributed by atoms with Gasteiger partial charge in [0.15, 0.2) is 5.65 Å². The fourth-order valence-electron chi connectivity index (χ4n) is 2.77. The summed E-state index contributed by atoms with van der Waals surface area (Å²) in [7, 11) is 0. The van der Waals surface area contributed by atoms with E-state index in [4.69, 9.17) is 4.98 Å². The third kappa shape index (κ3) is 1.91. The predicted octanol–water partition coefficient (Wildman–Crippen LogP) is 2.48. The Bertz CT molecular complexity index is 779. The Morgan fingerprint density at radius 3 is 2.90 bits per heavy atom. The topological polar surface area (TPSA) is 69.7 Å². The van der Waals surface area contributed by atoms with Gasteiger partial charge in [-0.15, -0.1) is 0 Å². The number of hydrogen-bond donors (Lipinski definition) is 2. The maximum Gasteiger partial charge on any atom is 0.226 e. The molecule has 3 heterocycles. The molecular weight excluding hydrogens is 264 g/mol. The van der Waals surface area contributed by atoms with Crippen LogP contribution in [0.1, 0.15) is 12.6 Å². The molecule has 0 radical (unpaired) electrons. The lowest BCUT2D eigenvalue weighted by Crippen LogP contribution is -2.25. The summed E-state index contributed by atoms with van der Waals surface area (Å²) in [5.41, 5.74) is 2.99. The molecule has 0 saturated carbocycles. The first-order valence-electron chi connectivity index (χ1n) is 7.18. The van der Waals surface area contributed by atoms with Crippen LogP contribution >= 0.6 is 0 Å². The van der Waals surface area contributed by atoms with Gasteiger partial charge in [0.25, 0.3) is 0 Å². The number of para-hydroxylation sites is 1. The molecule has 4 rings (SSSR count). The van der Waals surface area contributed by atoms with Crippen LogP contribution in [0.4, 0.5) is 17.5 Å². The molecule has 0 saturated heterocycles. The molecule has 0 atom stereocenters. The Hall–Kier alpha value is -2.63. The average Bonchev–Trinajstić information content (AvgIpc) is 2.93. The molecule has 0 bridgehead atoms. The molecule has 1 aliphatic rings. The van der Waals surface area contributed by atoms with Crippen LogP contribution in [0, 0.1) is 0 Å². The number of aromatic nitrogens is 4. The largest absolute Gasteiger partial charge is 0.354 e. The van der Waals surface area contributed by atoms with E-state index in [0.29, 0.717) is 5.95 Å². The van der Waals surface area contributed by atoms with Crippen molar-refractivity contribution in [1.29, 1.82) is 0 Å². The smallest absolute Gasteiger partial charge is 0.226 e. The van der Waals surface area contributed by atoms with E-state index >= 15 is 0 Å². The predicted molar refractivity (Wildman–Crippen MR) is 83.0 cm³/mol. The van der Waals surface area contributed by atoms with Crippen molar-refractivity contribution in [1.82, 2.24) is 20.2 Å².